The number of halogens is 2. The number of aryl methyl sites for hydroxylation is 1. The highest BCUT2D eigenvalue weighted by Crippen LogP contribution is 2.55. The van der Waals surface area contributed by atoms with E-state index in [1.165, 1.54) is 17.6 Å². The summed E-state index contributed by atoms with van der Waals surface area (Å²) in [6.45, 7) is 3.05. The first kappa shape index (κ1) is 30.0. The van der Waals surface area contributed by atoms with E-state index < -0.39 is 17.9 Å². The number of piperidine rings is 1. The van der Waals surface area contributed by atoms with Gasteiger partial charge in [0.25, 0.3) is 5.92 Å². The standard InChI is InChI=1S/C32H39F2N9OS/c1-18(22-8-5-13-42(22)2)38-28-21(16-36)30(43-14-6-12-32(33,34)17-43)40-29(39-28)25-19-7-3-10-31(26(19)44-41-25)11-4-9-23-24(31)20(15-35)27(37)45-23/h16,18,22,36H,3-14,17,37H2,1-2H3,(H,38,39,40). The Bertz CT molecular complexity index is 1680. The number of thiophene rings is 1. The Labute approximate surface area is 265 Å². The minimum atomic E-state index is -2.85. The number of rotatable bonds is 6. The van der Waals surface area contributed by atoms with E-state index in [1.54, 1.807) is 4.90 Å². The number of alkyl halides is 2. The van der Waals surface area contributed by atoms with Crippen molar-refractivity contribution in [2.75, 3.05) is 42.6 Å². The topological polar surface area (TPSA) is 144 Å². The quantitative estimate of drug-likeness (QED) is 0.289. The number of likely N-dealkylation sites (N-methyl/N-ethyl adjacent to an activating group) is 1. The summed E-state index contributed by atoms with van der Waals surface area (Å²) >= 11 is 1.50. The number of anilines is 3. The lowest BCUT2D eigenvalue weighted by molar-refractivity contribution is -0.0118. The molecule has 0 radical (unpaired) electrons. The van der Waals surface area contributed by atoms with Gasteiger partial charge in [-0.1, -0.05) is 5.16 Å². The van der Waals surface area contributed by atoms with Crippen LogP contribution in [-0.2, 0) is 18.3 Å². The Morgan fingerprint density at radius 2 is 1.98 bits per heavy atom. The summed E-state index contributed by atoms with van der Waals surface area (Å²) in [7, 11) is 2.10. The minimum Gasteiger partial charge on any atom is -0.389 e. The SMILES string of the molecule is CC(Nc1nc(-c2noc3c2CCCC32CCCc3sc(N)c(C#N)c32)nc(N2CCCC(F)(F)C2)c1C=N)C1CCCN1C. The molecule has 2 saturated heterocycles. The van der Waals surface area contributed by atoms with Gasteiger partial charge in [0, 0.05) is 41.7 Å². The van der Waals surface area contributed by atoms with E-state index in [9.17, 15) is 14.0 Å². The van der Waals surface area contributed by atoms with Crippen LogP contribution in [0.3, 0.4) is 0 Å². The molecule has 10 nitrogen and oxygen atoms in total. The zero-order chi connectivity index (χ0) is 31.5. The van der Waals surface area contributed by atoms with Crippen LogP contribution < -0.4 is 16.0 Å². The van der Waals surface area contributed by atoms with Crippen LogP contribution in [0, 0.1) is 16.7 Å². The van der Waals surface area contributed by atoms with Crippen LogP contribution in [-0.4, -0.2) is 70.9 Å². The highest BCUT2D eigenvalue weighted by Gasteiger charge is 2.49. The Morgan fingerprint density at radius 3 is 2.69 bits per heavy atom. The molecule has 7 rings (SSSR count). The Hall–Kier alpha value is -3.63. The molecule has 2 aliphatic carbocycles. The van der Waals surface area contributed by atoms with E-state index in [-0.39, 0.29) is 18.5 Å². The summed E-state index contributed by atoms with van der Waals surface area (Å²) in [4.78, 5) is 14.8. The molecule has 2 aliphatic heterocycles. The number of nitrogens with one attached hydrogen (secondary N) is 2. The smallest absolute Gasteiger partial charge is 0.265 e. The minimum absolute atomic E-state index is 0.00166. The molecule has 3 aromatic heterocycles. The first-order valence-electron chi connectivity index (χ1n) is 16.0. The number of aromatic nitrogens is 3. The maximum atomic E-state index is 14.7. The van der Waals surface area contributed by atoms with Gasteiger partial charge >= 0.3 is 0 Å². The van der Waals surface area contributed by atoms with Crippen molar-refractivity contribution in [2.24, 2.45) is 0 Å². The lowest BCUT2D eigenvalue weighted by Crippen LogP contribution is -2.44. The lowest BCUT2D eigenvalue weighted by atomic mass is 9.63. The van der Waals surface area contributed by atoms with E-state index in [2.05, 4.69) is 35.4 Å². The van der Waals surface area contributed by atoms with Crippen molar-refractivity contribution < 1.29 is 13.3 Å². The van der Waals surface area contributed by atoms with E-state index in [1.807, 2.05) is 0 Å². The van der Waals surface area contributed by atoms with Gasteiger partial charge < -0.3 is 30.8 Å². The van der Waals surface area contributed by atoms with E-state index >= 15 is 0 Å². The van der Waals surface area contributed by atoms with Crippen molar-refractivity contribution in [3.63, 3.8) is 0 Å². The van der Waals surface area contributed by atoms with Crippen molar-refractivity contribution in [3.8, 4) is 17.6 Å². The van der Waals surface area contributed by atoms with Gasteiger partial charge in [-0.25, -0.2) is 18.7 Å². The Kier molecular flexibility index (Phi) is 7.55. The number of hydrogen-bond donors (Lipinski definition) is 3. The van der Waals surface area contributed by atoms with Crippen LogP contribution in [0.25, 0.3) is 11.5 Å². The van der Waals surface area contributed by atoms with Crippen molar-refractivity contribution in [1.82, 2.24) is 20.0 Å². The highest BCUT2D eigenvalue weighted by molar-refractivity contribution is 7.16. The molecule has 3 atom stereocenters. The average Bonchev–Trinajstić information content (AvgIpc) is 3.73. The molecule has 4 N–H and O–H groups in total. The summed E-state index contributed by atoms with van der Waals surface area (Å²) in [6, 6.07) is 2.63. The zero-order valence-electron chi connectivity index (χ0n) is 25.8. The van der Waals surface area contributed by atoms with Crippen molar-refractivity contribution in [2.45, 2.75) is 94.6 Å². The monoisotopic (exact) mass is 635 g/mol. The molecule has 5 heterocycles. The predicted octanol–water partition coefficient (Wildman–Crippen LogP) is 5.73. The van der Waals surface area contributed by atoms with Gasteiger partial charge in [0.1, 0.15) is 22.7 Å². The molecular formula is C32H39F2N9OS. The number of nitrogens with zero attached hydrogens (tertiary/aromatic N) is 6. The molecule has 45 heavy (non-hydrogen) atoms. The summed E-state index contributed by atoms with van der Waals surface area (Å²) in [5, 5.41) is 27.0. The van der Waals surface area contributed by atoms with Crippen LogP contribution >= 0.6 is 11.3 Å². The van der Waals surface area contributed by atoms with E-state index in [0.29, 0.717) is 58.7 Å². The fourth-order valence-electron chi connectivity index (χ4n) is 8.29. The van der Waals surface area contributed by atoms with Gasteiger partial charge in [0.2, 0.25) is 0 Å². The van der Waals surface area contributed by atoms with Crippen LogP contribution in [0.2, 0.25) is 0 Å². The van der Waals surface area contributed by atoms with Crippen LogP contribution in [0.15, 0.2) is 4.52 Å². The summed E-state index contributed by atoms with van der Waals surface area (Å²) in [5.74, 6) is -1.08. The van der Waals surface area contributed by atoms with Gasteiger partial charge in [-0.15, -0.1) is 11.3 Å². The maximum Gasteiger partial charge on any atom is 0.265 e. The summed E-state index contributed by atoms with van der Waals surface area (Å²) in [6.07, 6.45) is 8.51. The second-order valence-electron chi connectivity index (χ2n) is 13.2. The number of nitriles is 1. The lowest BCUT2D eigenvalue weighted by Gasteiger charge is -2.39. The molecule has 0 bridgehead atoms. The third kappa shape index (κ3) is 4.97. The first-order valence-corrected chi connectivity index (χ1v) is 16.8. The van der Waals surface area contributed by atoms with Gasteiger partial charge in [-0.2, -0.15) is 5.26 Å². The molecule has 3 unspecified atom stereocenters. The summed E-state index contributed by atoms with van der Waals surface area (Å²) < 4.78 is 35.6. The van der Waals surface area contributed by atoms with Gasteiger partial charge in [-0.05, 0) is 83.9 Å². The van der Waals surface area contributed by atoms with Gasteiger partial charge in [-0.3, -0.25) is 0 Å². The Morgan fingerprint density at radius 1 is 1.18 bits per heavy atom. The van der Waals surface area contributed by atoms with Gasteiger partial charge in [0.05, 0.1) is 23.1 Å². The molecule has 0 aromatic carbocycles. The van der Waals surface area contributed by atoms with Crippen LogP contribution in [0.4, 0.5) is 25.4 Å². The first-order chi connectivity index (χ1) is 21.7. The number of likely N-dealkylation sites (tertiary alicyclic amines) is 1. The number of hydrogen-bond acceptors (Lipinski definition) is 11. The molecule has 0 amide bonds. The van der Waals surface area contributed by atoms with Crippen molar-refractivity contribution in [1.29, 1.82) is 10.7 Å². The third-order valence-electron chi connectivity index (χ3n) is 10.4. The molecule has 3 aromatic rings. The molecule has 0 saturated carbocycles. The largest absolute Gasteiger partial charge is 0.389 e. The fraction of sp³-hybridized carbons (Fsp3) is 0.594. The average molecular weight is 636 g/mol. The predicted molar refractivity (Wildman–Crippen MR) is 171 cm³/mol. The number of nitrogens with two attached hydrogens (primary N) is 1. The third-order valence-corrected chi connectivity index (χ3v) is 11.4. The molecule has 4 aliphatic rings. The van der Waals surface area contributed by atoms with Crippen molar-refractivity contribution >= 4 is 34.2 Å². The van der Waals surface area contributed by atoms with Crippen LogP contribution in [0.5, 0.6) is 0 Å². The molecule has 2 fully saturated rings. The summed E-state index contributed by atoms with van der Waals surface area (Å²) in [5.41, 5.74) is 9.13. The maximum absolute atomic E-state index is 14.7. The molecule has 238 valence electrons. The number of nitrogen functional groups attached to an aromatic ring is 1. The second kappa shape index (κ2) is 11.3. The Balaban J connectivity index is 1.36. The zero-order valence-corrected chi connectivity index (χ0v) is 26.6. The second-order valence-corrected chi connectivity index (χ2v) is 14.3. The molecular weight excluding hydrogens is 596 g/mol. The number of fused-ring (bicyclic) bond motifs is 4. The van der Waals surface area contributed by atoms with Crippen LogP contribution in [0.1, 0.15) is 91.2 Å². The fourth-order valence-corrected chi connectivity index (χ4v) is 9.45. The normalized spacial score (nSPS) is 25.0. The molecule has 1 spiro atoms. The van der Waals surface area contributed by atoms with Crippen molar-refractivity contribution in [3.05, 3.63) is 32.9 Å². The molecule has 13 heteroatoms. The van der Waals surface area contributed by atoms with E-state index in [0.717, 1.165) is 73.3 Å². The van der Waals surface area contributed by atoms with E-state index in [4.69, 9.17) is 25.6 Å². The van der Waals surface area contributed by atoms with Gasteiger partial charge in [0.15, 0.2) is 17.3 Å². The highest BCUT2D eigenvalue weighted by atomic mass is 32.1.